The fourth-order valence-electron chi connectivity index (χ4n) is 4.71. The Bertz CT molecular complexity index is 1090. The van der Waals surface area contributed by atoms with Gasteiger partial charge < -0.3 is 20.5 Å². The van der Waals surface area contributed by atoms with Gasteiger partial charge in [0.25, 0.3) is 0 Å². The lowest BCUT2D eigenvalue weighted by molar-refractivity contribution is -0.252. The van der Waals surface area contributed by atoms with Gasteiger partial charge in [-0.15, -0.1) is 0 Å². The summed E-state index contributed by atoms with van der Waals surface area (Å²) in [6.07, 6.45) is -0.670. The molecule has 0 radical (unpaired) electrons. The van der Waals surface area contributed by atoms with Gasteiger partial charge in [-0.25, -0.2) is 13.8 Å². The number of quaternary nitrogens is 1. The van der Waals surface area contributed by atoms with Crippen molar-refractivity contribution in [1.82, 2.24) is 19.8 Å². The number of carbonyl (C=O) groups excluding carboxylic acids is 1. The molecule has 0 saturated carbocycles. The highest BCUT2D eigenvalue weighted by Gasteiger charge is 2.49. The number of nitrogens with one attached hydrogen (secondary N) is 2. The number of rotatable bonds is 4. The fraction of sp³-hybridized carbons (Fsp3) is 0.478. The maximum Gasteiger partial charge on any atom is 0.233 e. The van der Waals surface area contributed by atoms with Crippen LogP contribution in [0, 0.1) is 28.9 Å². The van der Waals surface area contributed by atoms with Gasteiger partial charge in [-0.3, -0.25) is 4.48 Å². The number of piperidine rings is 1. The number of amides is 1. The number of benzene rings is 1. The van der Waals surface area contributed by atoms with E-state index in [0.717, 1.165) is 12.1 Å². The zero-order valence-corrected chi connectivity index (χ0v) is 19.4. The maximum atomic E-state index is 14.3. The normalized spacial score (nSPS) is 23.0. The third kappa shape index (κ3) is 4.73. The number of carboxylic acid groups (broad SMARTS) is 1. The Hall–Kier alpha value is -3.32. The Morgan fingerprint density at radius 3 is 2.36 bits per heavy atom. The zero-order valence-electron chi connectivity index (χ0n) is 19.4. The van der Waals surface area contributed by atoms with E-state index in [1.807, 2.05) is 27.7 Å². The Balaban J connectivity index is 2.21. The van der Waals surface area contributed by atoms with Crippen LogP contribution in [0.15, 0.2) is 18.2 Å². The average molecular weight is 459 g/mol. The van der Waals surface area contributed by atoms with Crippen LogP contribution in [0.3, 0.4) is 0 Å². The highest BCUT2D eigenvalue weighted by atomic mass is 19.1. The fourth-order valence-corrected chi connectivity index (χ4v) is 4.71. The van der Waals surface area contributed by atoms with E-state index >= 15 is 0 Å². The maximum absolute atomic E-state index is 14.3. The van der Waals surface area contributed by atoms with Crippen molar-refractivity contribution in [1.29, 1.82) is 5.26 Å². The molecule has 1 saturated heterocycles. The molecule has 0 spiro atoms. The summed E-state index contributed by atoms with van der Waals surface area (Å²) in [6, 6.07) is 5.01. The van der Waals surface area contributed by atoms with Gasteiger partial charge >= 0.3 is 0 Å². The number of hydrogen-bond donors (Lipinski definition) is 2. The van der Waals surface area contributed by atoms with Gasteiger partial charge in [0.2, 0.25) is 11.8 Å². The summed E-state index contributed by atoms with van der Waals surface area (Å²) < 4.78 is 29.0. The largest absolute Gasteiger partial charge is 0.530 e. The number of nitriles is 1. The summed E-state index contributed by atoms with van der Waals surface area (Å²) in [5.41, 5.74) is -0.582. The van der Waals surface area contributed by atoms with Gasteiger partial charge in [-0.2, -0.15) is 10.2 Å². The first-order chi connectivity index (χ1) is 15.4. The molecule has 176 valence electrons. The average Bonchev–Trinajstić information content (AvgIpc) is 2.71. The molecule has 1 aromatic carbocycles. The van der Waals surface area contributed by atoms with E-state index in [0.29, 0.717) is 29.8 Å². The Morgan fingerprint density at radius 2 is 1.85 bits per heavy atom. The lowest BCUT2D eigenvalue weighted by atomic mass is 9.87. The van der Waals surface area contributed by atoms with Crippen molar-refractivity contribution in [2.24, 2.45) is 5.92 Å². The number of hydrogen-bond acceptors (Lipinski definition) is 6. The van der Waals surface area contributed by atoms with E-state index in [4.69, 9.17) is 5.26 Å². The first-order valence-corrected chi connectivity index (χ1v) is 10.7. The second-order valence-corrected chi connectivity index (χ2v) is 9.59. The molecular weight excluding hydrogens is 430 g/mol. The summed E-state index contributed by atoms with van der Waals surface area (Å²) in [5.74, 6) is -0.918. The lowest BCUT2D eigenvalue weighted by Gasteiger charge is -2.53. The second-order valence-electron chi connectivity index (χ2n) is 9.59. The van der Waals surface area contributed by atoms with Crippen LogP contribution in [0.2, 0.25) is 0 Å². The smallest absolute Gasteiger partial charge is 0.233 e. The standard InChI is InChI=1S/C23H28F2N6O2/c1-13-6-15(28-22(32)33)12-31(11-13,23(2,3)4)20-9-19(29-21(27-5)30-20)14-7-17(24)16(10-26)18(25)8-14/h7-9,13,15,28H,6,11-12H2,1-5H3,(H-,27,29,30,32,33)/t13-,15-,31?/m1/s1. The molecule has 33 heavy (non-hydrogen) atoms. The van der Waals surface area contributed by atoms with Gasteiger partial charge in [0.1, 0.15) is 35.9 Å². The van der Waals surface area contributed by atoms with Crippen molar-refractivity contribution in [2.75, 3.05) is 25.5 Å². The molecule has 3 rings (SSSR count). The van der Waals surface area contributed by atoms with Crippen molar-refractivity contribution in [3.63, 3.8) is 0 Å². The van der Waals surface area contributed by atoms with Crippen molar-refractivity contribution in [3.05, 3.63) is 35.4 Å². The predicted molar refractivity (Wildman–Crippen MR) is 119 cm³/mol. The van der Waals surface area contributed by atoms with Gasteiger partial charge in [0.05, 0.1) is 23.8 Å². The molecule has 0 bridgehead atoms. The SMILES string of the molecule is CNc1nc(-c2cc(F)c(C#N)c(F)c2)cc([N+]2(C(C)(C)C)C[C@H](C)C[C@@H](NC(=O)[O-])C2)n1. The van der Waals surface area contributed by atoms with Crippen LogP contribution in [0.25, 0.3) is 11.3 Å². The number of aromatic nitrogens is 2. The molecule has 3 atom stereocenters. The van der Waals surface area contributed by atoms with Gasteiger partial charge in [-0.1, -0.05) is 6.92 Å². The van der Waals surface area contributed by atoms with Crippen molar-refractivity contribution in [2.45, 2.75) is 45.7 Å². The number of nitrogens with zero attached hydrogens (tertiary/aromatic N) is 4. The Labute approximate surface area is 191 Å². The predicted octanol–water partition coefficient (Wildman–Crippen LogP) is 2.78. The van der Waals surface area contributed by atoms with E-state index in [-0.39, 0.29) is 29.2 Å². The molecule has 1 fully saturated rings. The highest BCUT2D eigenvalue weighted by Crippen LogP contribution is 2.39. The monoisotopic (exact) mass is 458 g/mol. The third-order valence-corrected chi connectivity index (χ3v) is 6.27. The van der Waals surface area contributed by atoms with Gasteiger partial charge in [0.15, 0.2) is 0 Å². The molecule has 10 heteroatoms. The van der Waals surface area contributed by atoms with Gasteiger partial charge in [-0.05, 0) is 39.3 Å². The van der Waals surface area contributed by atoms with Crippen LogP contribution in [0.4, 0.5) is 25.3 Å². The van der Waals surface area contributed by atoms with E-state index in [1.54, 1.807) is 13.1 Å². The molecule has 2 N–H and O–H groups in total. The minimum absolute atomic E-state index is 0.163. The molecule has 1 aliphatic heterocycles. The Kier molecular flexibility index (Phi) is 6.56. The van der Waals surface area contributed by atoms with Crippen LogP contribution in [-0.4, -0.2) is 47.8 Å². The van der Waals surface area contributed by atoms with E-state index in [1.165, 1.54) is 6.07 Å². The first-order valence-electron chi connectivity index (χ1n) is 10.7. The summed E-state index contributed by atoms with van der Waals surface area (Å²) in [5, 5.41) is 25.7. The number of halogens is 2. The minimum atomic E-state index is -1.33. The molecular formula is C23H28F2N6O2. The van der Waals surface area contributed by atoms with Crippen LogP contribution in [0.5, 0.6) is 0 Å². The molecule has 2 heterocycles. The molecule has 0 aliphatic carbocycles. The second kappa shape index (κ2) is 8.90. The van der Waals surface area contributed by atoms with Crippen LogP contribution >= 0.6 is 0 Å². The number of carbonyl (C=O) groups is 1. The zero-order chi connectivity index (χ0) is 24.6. The van der Waals surface area contributed by atoms with Crippen LogP contribution in [0.1, 0.15) is 39.7 Å². The Morgan fingerprint density at radius 1 is 1.21 bits per heavy atom. The van der Waals surface area contributed by atoms with Crippen molar-refractivity contribution in [3.8, 4) is 17.3 Å². The van der Waals surface area contributed by atoms with E-state index < -0.39 is 28.8 Å². The van der Waals surface area contributed by atoms with E-state index in [9.17, 15) is 18.7 Å². The molecule has 8 nitrogen and oxygen atoms in total. The van der Waals surface area contributed by atoms with E-state index in [2.05, 4.69) is 20.6 Å². The molecule has 2 aromatic rings. The van der Waals surface area contributed by atoms with Crippen LogP contribution in [-0.2, 0) is 0 Å². The first kappa shape index (κ1) is 24.3. The van der Waals surface area contributed by atoms with Crippen LogP contribution < -0.4 is 20.2 Å². The molecule has 1 unspecified atom stereocenters. The van der Waals surface area contributed by atoms with Crippen molar-refractivity contribution >= 4 is 17.9 Å². The van der Waals surface area contributed by atoms with Crippen molar-refractivity contribution < 1.29 is 18.7 Å². The topological polar surface area (TPSA) is 114 Å². The summed E-state index contributed by atoms with van der Waals surface area (Å²) in [6.45, 7) is 9.30. The molecule has 1 aromatic heterocycles. The summed E-state index contributed by atoms with van der Waals surface area (Å²) in [4.78, 5) is 20.3. The third-order valence-electron chi connectivity index (χ3n) is 6.27. The molecule has 1 amide bonds. The summed E-state index contributed by atoms with van der Waals surface area (Å²) >= 11 is 0. The number of anilines is 1. The highest BCUT2D eigenvalue weighted by molar-refractivity contribution is 5.66. The number of likely N-dealkylation sites (tertiary alicyclic amines) is 1. The quantitative estimate of drug-likeness (QED) is 0.681. The summed E-state index contributed by atoms with van der Waals surface area (Å²) in [7, 11) is 1.64. The molecule has 1 aliphatic rings. The van der Waals surface area contributed by atoms with Gasteiger partial charge in [0, 0.05) is 24.6 Å². The minimum Gasteiger partial charge on any atom is -0.530 e. The lowest BCUT2D eigenvalue weighted by Crippen LogP contribution is -2.71.